The van der Waals surface area contributed by atoms with Crippen molar-refractivity contribution < 1.29 is 23.1 Å². The van der Waals surface area contributed by atoms with Crippen LogP contribution in [0, 0.1) is 0 Å². The van der Waals surface area contributed by atoms with Crippen LogP contribution in [0.3, 0.4) is 0 Å². The fourth-order valence-electron chi connectivity index (χ4n) is 1.31. The maximum atomic E-state index is 12.8. The van der Waals surface area contributed by atoms with E-state index < -0.39 is 23.4 Å². The Labute approximate surface area is 117 Å². The van der Waals surface area contributed by atoms with Gasteiger partial charge in [-0.25, -0.2) is 14.8 Å². The van der Waals surface area contributed by atoms with Crippen LogP contribution < -0.4 is 0 Å². The van der Waals surface area contributed by atoms with Crippen LogP contribution in [0.1, 0.15) is 16.1 Å². The third kappa shape index (κ3) is 2.92. The molecule has 0 fully saturated rings. The summed E-state index contributed by atoms with van der Waals surface area (Å²) in [6, 6.07) is 3.19. The summed E-state index contributed by atoms with van der Waals surface area (Å²) in [6.07, 6.45) is -4.18. The Hall–Kier alpha value is -1.48. The zero-order valence-corrected chi connectivity index (χ0v) is 11.3. The molecule has 100 valence electrons. The Morgan fingerprint density at radius 3 is 2.53 bits per heavy atom. The Kier molecular flexibility index (Phi) is 3.59. The number of alkyl halides is 3. The summed E-state index contributed by atoms with van der Waals surface area (Å²) in [5.41, 5.74) is -2.42. The van der Waals surface area contributed by atoms with Gasteiger partial charge in [0, 0.05) is 6.20 Å². The number of halogens is 4. The van der Waals surface area contributed by atoms with E-state index in [2.05, 4.69) is 25.9 Å². The van der Waals surface area contributed by atoms with E-state index in [1.54, 1.807) is 12.1 Å². The van der Waals surface area contributed by atoms with Crippen molar-refractivity contribution in [1.82, 2.24) is 9.97 Å². The molecule has 2 rings (SSSR count). The minimum atomic E-state index is -4.85. The molecule has 0 amide bonds. The first-order chi connectivity index (χ1) is 8.79. The normalized spacial score (nSPS) is 11.6. The van der Waals surface area contributed by atoms with Gasteiger partial charge in [0.25, 0.3) is 0 Å². The first-order valence-electron chi connectivity index (χ1n) is 4.72. The number of aromatic carboxylic acids is 1. The minimum Gasteiger partial charge on any atom is -0.478 e. The molecule has 0 saturated heterocycles. The highest BCUT2D eigenvalue weighted by Crippen LogP contribution is 2.34. The number of hydrogen-bond donors (Lipinski definition) is 1. The van der Waals surface area contributed by atoms with Crippen molar-refractivity contribution in [3.05, 3.63) is 33.4 Å². The first kappa shape index (κ1) is 13.9. The van der Waals surface area contributed by atoms with E-state index in [4.69, 9.17) is 5.11 Å². The van der Waals surface area contributed by atoms with Crippen LogP contribution >= 0.6 is 27.3 Å². The van der Waals surface area contributed by atoms with Crippen LogP contribution in [0.5, 0.6) is 0 Å². The molecule has 0 atom stereocenters. The van der Waals surface area contributed by atoms with Crippen molar-refractivity contribution in [3.63, 3.8) is 0 Å². The summed E-state index contributed by atoms with van der Waals surface area (Å²) >= 11 is 4.32. The van der Waals surface area contributed by atoms with E-state index in [-0.39, 0.29) is 5.82 Å². The Morgan fingerprint density at radius 2 is 2.05 bits per heavy atom. The predicted molar refractivity (Wildman–Crippen MR) is 65.0 cm³/mol. The summed E-state index contributed by atoms with van der Waals surface area (Å²) in [5, 5.41) is 8.71. The Bertz CT molecular complexity index is 642. The van der Waals surface area contributed by atoms with Gasteiger partial charge in [-0.1, -0.05) is 0 Å². The number of carbonyl (C=O) groups is 1. The van der Waals surface area contributed by atoms with Gasteiger partial charge in [-0.15, -0.1) is 11.3 Å². The molecular formula is C10H4BrF3N2O2S. The lowest BCUT2D eigenvalue weighted by Crippen LogP contribution is -2.16. The molecular weight excluding hydrogens is 349 g/mol. The zero-order valence-electron chi connectivity index (χ0n) is 8.90. The third-order valence-corrected chi connectivity index (χ3v) is 3.70. The lowest BCUT2D eigenvalue weighted by atomic mass is 10.2. The van der Waals surface area contributed by atoms with E-state index in [0.717, 1.165) is 11.3 Å². The molecule has 0 bridgehead atoms. The number of thiophene rings is 1. The van der Waals surface area contributed by atoms with E-state index >= 15 is 0 Å². The highest BCUT2D eigenvalue weighted by molar-refractivity contribution is 9.11. The van der Waals surface area contributed by atoms with Crippen LogP contribution in [0.4, 0.5) is 13.2 Å². The van der Waals surface area contributed by atoms with Gasteiger partial charge in [0.15, 0.2) is 11.5 Å². The topological polar surface area (TPSA) is 63.1 Å². The molecule has 0 aliphatic rings. The molecule has 1 N–H and O–H groups in total. The summed E-state index contributed by atoms with van der Waals surface area (Å²) in [4.78, 5) is 18.1. The lowest BCUT2D eigenvalue weighted by molar-refractivity contribution is -0.141. The second-order valence-corrected chi connectivity index (χ2v) is 5.83. The van der Waals surface area contributed by atoms with Gasteiger partial charge >= 0.3 is 12.1 Å². The molecule has 19 heavy (non-hydrogen) atoms. The Balaban J connectivity index is 2.59. The van der Waals surface area contributed by atoms with Crippen LogP contribution in [-0.2, 0) is 6.18 Å². The molecule has 2 aromatic rings. The van der Waals surface area contributed by atoms with Gasteiger partial charge in [-0.3, -0.25) is 0 Å². The standard InChI is InChI=1S/C10H4BrF3N2O2S/c11-6-2-1-5(19-6)8-15-3-4(9(17)18)7(16-8)10(12,13)14/h1-3H,(H,17,18). The fourth-order valence-corrected chi connectivity index (χ4v) is 2.63. The van der Waals surface area contributed by atoms with E-state index in [1.807, 2.05) is 0 Å². The van der Waals surface area contributed by atoms with Crippen LogP contribution in [0.2, 0.25) is 0 Å². The average molecular weight is 353 g/mol. The number of carboxylic acids is 1. The number of rotatable bonds is 2. The van der Waals surface area contributed by atoms with Gasteiger partial charge in [0.1, 0.15) is 5.56 Å². The second kappa shape index (κ2) is 4.89. The van der Waals surface area contributed by atoms with E-state index in [1.165, 1.54) is 0 Å². The van der Waals surface area contributed by atoms with Crippen LogP contribution in [-0.4, -0.2) is 21.0 Å². The molecule has 0 radical (unpaired) electrons. The van der Waals surface area contributed by atoms with Gasteiger partial charge in [0.05, 0.1) is 8.66 Å². The number of aromatic nitrogens is 2. The van der Waals surface area contributed by atoms with Crippen molar-refractivity contribution in [2.75, 3.05) is 0 Å². The van der Waals surface area contributed by atoms with Gasteiger partial charge in [-0.2, -0.15) is 13.2 Å². The molecule has 9 heteroatoms. The molecule has 2 heterocycles. The molecule has 0 spiro atoms. The number of nitrogens with zero attached hydrogens (tertiary/aromatic N) is 2. The van der Waals surface area contributed by atoms with Gasteiger partial charge in [0.2, 0.25) is 0 Å². The van der Waals surface area contributed by atoms with Crippen LogP contribution in [0.25, 0.3) is 10.7 Å². The second-order valence-electron chi connectivity index (χ2n) is 3.36. The van der Waals surface area contributed by atoms with Crippen molar-refractivity contribution >= 4 is 33.2 Å². The monoisotopic (exact) mass is 352 g/mol. The minimum absolute atomic E-state index is 0.159. The summed E-state index contributed by atoms with van der Waals surface area (Å²) in [7, 11) is 0. The van der Waals surface area contributed by atoms with Crippen molar-refractivity contribution in [2.24, 2.45) is 0 Å². The maximum absolute atomic E-state index is 12.8. The maximum Gasteiger partial charge on any atom is 0.434 e. The average Bonchev–Trinajstić information content (AvgIpc) is 2.74. The fraction of sp³-hybridized carbons (Fsp3) is 0.100. The third-order valence-electron chi connectivity index (χ3n) is 2.08. The number of hydrogen-bond acceptors (Lipinski definition) is 4. The van der Waals surface area contributed by atoms with Crippen LogP contribution in [0.15, 0.2) is 22.1 Å². The first-order valence-corrected chi connectivity index (χ1v) is 6.33. The van der Waals surface area contributed by atoms with Crippen molar-refractivity contribution in [3.8, 4) is 10.7 Å². The Morgan fingerprint density at radius 1 is 1.37 bits per heavy atom. The van der Waals surface area contributed by atoms with Gasteiger partial charge < -0.3 is 5.11 Å². The van der Waals surface area contributed by atoms with Crippen molar-refractivity contribution in [2.45, 2.75) is 6.18 Å². The highest BCUT2D eigenvalue weighted by atomic mass is 79.9. The molecule has 2 aromatic heterocycles. The summed E-state index contributed by atoms with van der Waals surface area (Å²) < 4.78 is 39.0. The highest BCUT2D eigenvalue weighted by Gasteiger charge is 2.38. The van der Waals surface area contributed by atoms with Crippen molar-refractivity contribution in [1.29, 1.82) is 0 Å². The molecule has 0 saturated carbocycles. The molecule has 4 nitrogen and oxygen atoms in total. The molecule has 0 aliphatic heterocycles. The SMILES string of the molecule is O=C(O)c1cnc(-c2ccc(Br)s2)nc1C(F)(F)F. The smallest absolute Gasteiger partial charge is 0.434 e. The number of carboxylic acid groups (broad SMARTS) is 1. The van der Waals surface area contributed by atoms with E-state index in [0.29, 0.717) is 14.9 Å². The van der Waals surface area contributed by atoms with Gasteiger partial charge in [-0.05, 0) is 28.1 Å². The lowest BCUT2D eigenvalue weighted by Gasteiger charge is -2.09. The quantitative estimate of drug-likeness (QED) is 0.895. The summed E-state index contributed by atoms with van der Waals surface area (Å²) in [5.74, 6) is -1.88. The molecule has 0 aliphatic carbocycles. The van der Waals surface area contributed by atoms with E-state index in [9.17, 15) is 18.0 Å². The molecule has 0 unspecified atom stereocenters. The predicted octanol–water partition coefficient (Wildman–Crippen LogP) is 3.68. The summed E-state index contributed by atoms with van der Waals surface area (Å²) in [6.45, 7) is 0. The molecule has 0 aromatic carbocycles. The largest absolute Gasteiger partial charge is 0.478 e. The zero-order chi connectivity index (χ0) is 14.2.